The molecular weight excluding hydrogens is 342 g/mol. The van der Waals surface area contributed by atoms with E-state index in [-0.39, 0.29) is 5.91 Å². The molecule has 1 amide bonds. The van der Waals surface area contributed by atoms with Crippen LogP contribution in [0.5, 0.6) is 0 Å². The largest absolute Gasteiger partial charge is 0.355 e. The molecule has 0 bridgehead atoms. The van der Waals surface area contributed by atoms with E-state index in [1.54, 1.807) is 12.1 Å². The summed E-state index contributed by atoms with van der Waals surface area (Å²) in [5.41, 5.74) is 0.833. The lowest BCUT2D eigenvalue weighted by molar-refractivity contribution is -0.121. The lowest BCUT2D eigenvalue weighted by atomic mass is 10.2. The topological polar surface area (TPSA) is 83.3 Å². The van der Waals surface area contributed by atoms with Gasteiger partial charge in [-0.15, -0.1) is 0 Å². The van der Waals surface area contributed by atoms with E-state index in [0.717, 1.165) is 38.3 Å². The van der Waals surface area contributed by atoms with Gasteiger partial charge < -0.3 is 15.2 Å². The molecule has 1 aromatic carbocycles. The van der Waals surface area contributed by atoms with Crippen LogP contribution < -0.4 is 10.6 Å². The van der Waals surface area contributed by atoms with Crippen LogP contribution in [0, 0.1) is 0 Å². The van der Waals surface area contributed by atoms with E-state index in [1.165, 1.54) is 0 Å². The smallest absolute Gasteiger partial charge is 0.227 e. The average molecular weight is 364 g/mol. The third-order valence-corrected chi connectivity index (χ3v) is 4.35. The van der Waals surface area contributed by atoms with Crippen molar-refractivity contribution < 1.29 is 9.32 Å². The Labute approximate surface area is 151 Å². The minimum absolute atomic E-state index is 0.00128. The molecule has 0 saturated carbocycles. The zero-order valence-electron chi connectivity index (χ0n) is 14.0. The minimum atomic E-state index is 0.00128. The predicted molar refractivity (Wildman–Crippen MR) is 95.4 cm³/mol. The molecule has 0 atom stereocenters. The van der Waals surface area contributed by atoms with E-state index in [9.17, 15) is 4.79 Å². The van der Waals surface area contributed by atoms with Gasteiger partial charge >= 0.3 is 0 Å². The SMILES string of the molecule is O=C(CCc1nc(-c2ccc(Cl)cc2)no1)NCCN1CCNCC1. The number of piperazine rings is 1. The summed E-state index contributed by atoms with van der Waals surface area (Å²) in [6.45, 7) is 5.65. The predicted octanol–water partition coefficient (Wildman–Crippen LogP) is 1.34. The zero-order chi connectivity index (χ0) is 17.5. The van der Waals surface area contributed by atoms with Crippen molar-refractivity contribution in [1.29, 1.82) is 0 Å². The molecule has 0 unspecified atom stereocenters. The number of aryl methyl sites for hydroxylation is 1. The summed E-state index contributed by atoms with van der Waals surface area (Å²) in [6, 6.07) is 7.22. The first-order chi connectivity index (χ1) is 12.2. The minimum Gasteiger partial charge on any atom is -0.355 e. The van der Waals surface area contributed by atoms with Gasteiger partial charge in [-0.3, -0.25) is 9.69 Å². The number of halogens is 1. The van der Waals surface area contributed by atoms with E-state index in [2.05, 4.69) is 25.7 Å². The Kier molecular flexibility index (Phi) is 6.38. The average Bonchev–Trinajstić information content (AvgIpc) is 3.10. The summed E-state index contributed by atoms with van der Waals surface area (Å²) in [5.74, 6) is 0.967. The monoisotopic (exact) mass is 363 g/mol. The van der Waals surface area contributed by atoms with E-state index in [0.29, 0.717) is 36.1 Å². The molecular formula is C17H22ClN5O2. The van der Waals surface area contributed by atoms with Crippen LogP contribution in [-0.4, -0.2) is 60.2 Å². The summed E-state index contributed by atoms with van der Waals surface area (Å²) in [6.07, 6.45) is 0.768. The van der Waals surface area contributed by atoms with Crippen molar-refractivity contribution in [3.8, 4) is 11.4 Å². The van der Waals surface area contributed by atoms with Gasteiger partial charge in [0.25, 0.3) is 0 Å². The molecule has 2 aromatic rings. The number of nitrogens with one attached hydrogen (secondary N) is 2. The fraction of sp³-hybridized carbons (Fsp3) is 0.471. The van der Waals surface area contributed by atoms with E-state index < -0.39 is 0 Å². The van der Waals surface area contributed by atoms with Crippen LogP contribution in [0.15, 0.2) is 28.8 Å². The summed E-state index contributed by atoms with van der Waals surface area (Å²) < 4.78 is 5.21. The Hall–Kier alpha value is -1.96. The molecule has 1 aliphatic heterocycles. The summed E-state index contributed by atoms with van der Waals surface area (Å²) in [7, 11) is 0. The van der Waals surface area contributed by atoms with Crippen molar-refractivity contribution in [2.75, 3.05) is 39.3 Å². The summed E-state index contributed by atoms with van der Waals surface area (Å²) >= 11 is 5.87. The summed E-state index contributed by atoms with van der Waals surface area (Å²) in [4.78, 5) is 18.6. The first kappa shape index (κ1) is 17.8. The highest BCUT2D eigenvalue weighted by molar-refractivity contribution is 6.30. The quantitative estimate of drug-likeness (QED) is 0.772. The molecule has 8 heteroatoms. The number of benzene rings is 1. The van der Waals surface area contributed by atoms with Crippen molar-refractivity contribution in [3.63, 3.8) is 0 Å². The van der Waals surface area contributed by atoms with Gasteiger partial charge in [0.2, 0.25) is 17.6 Å². The lowest BCUT2D eigenvalue weighted by Gasteiger charge is -2.27. The van der Waals surface area contributed by atoms with Gasteiger partial charge in [-0.2, -0.15) is 4.98 Å². The second-order valence-corrected chi connectivity index (χ2v) is 6.40. The number of amides is 1. The van der Waals surface area contributed by atoms with Crippen LogP contribution >= 0.6 is 11.6 Å². The van der Waals surface area contributed by atoms with Crippen LogP contribution in [0.1, 0.15) is 12.3 Å². The molecule has 1 aliphatic rings. The van der Waals surface area contributed by atoms with Gasteiger partial charge in [0, 0.05) is 62.7 Å². The second kappa shape index (κ2) is 8.94. The number of hydrogen-bond acceptors (Lipinski definition) is 6. The molecule has 7 nitrogen and oxygen atoms in total. The molecule has 3 rings (SSSR count). The van der Waals surface area contributed by atoms with Crippen LogP contribution in [0.3, 0.4) is 0 Å². The number of carbonyl (C=O) groups is 1. The van der Waals surface area contributed by atoms with Gasteiger partial charge in [-0.1, -0.05) is 16.8 Å². The molecule has 2 N–H and O–H groups in total. The Bertz CT molecular complexity index is 683. The Morgan fingerprint density at radius 2 is 2.04 bits per heavy atom. The number of nitrogens with zero attached hydrogens (tertiary/aromatic N) is 3. The molecule has 0 aliphatic carbocycles. The van der Waals surface area contributed by atoms with Gasteiger partial charge in [0.1, 0.15) is 0 Å². The fourth-order valence-corrected chi connectivity index (χ4v) is 2.80. The van der Waals surface area contributed by atoms with Gasteiger partial charge in [0.05, 0.1) is 0 Å². The van der Waals surface area contributed by atoms with Crippen LogP contribution in [0.4, 0.5) is 0 Å². The van der Waals surface area contributed by atoms with Crippen LogP contribution in [0.2, 0.25) is 5.02 Å². The third kappa shape index (κ3) is 5.52. The summed E-state index contributed by atoms with van der Waals surface area (Å²) in [5, 5.41) is 10.9. The Morgan fingerprint density at radius 3 is 2.80 bits per heavy atom. The maximum atomic E-state index is 11.9. The molecule has 134 valence electrons. The van der Waals surface area contributed by atoms with E-state index in [1.807, 2.05) is 12.1 Å². The normalized spacial score (nSPS) is 15.2. The van der Waals surface area contributed by atoms with Crippen molar-refractivity contribution in [2.45, 2.75) is 12.8 Å². The maximum absolute atomic E-state index is 11.9. The molecule has 0 radical (unpaired) electrons. The van der Waals surface area contributed by atoms with Crippen molar-refractivity contribution in [2.24, 2.45) is 0 Å². The highest BCUT2D eigenvalue weighted by atomic mass is 35.5. The van der Waals surface area contributed by atoms with Crippen molar-refractivity contribution in [3.05, 3.63) is 35.2 Å². The van der Waals surface area contributed by atoms with Gasteiger partial charge in [-0.05, 0) is 24.3 Å². The molecule has 1 fully saturated rings. The maximum Gasteiger partial charge on any atom is 0.227 e. The third-order valence-electron chi connectivity index (χ3n) is 4.10. The Balaban J connectivity index is 1.39. The number of hydrogen-bond donors (Lipinski definition) is 2. The molecule has 2 heterocycles. The lowest BCUT2D eigenvalue weighted by Crippen LogP contribution is -2.46. The van der Waals surface area contributed by atoms with Gasteiger partial charge in [0.15, 0.2) is 0 Å². The standard InChI is InChI=1S/C17H22ClN5O2/c18-14-3-1-13(2-4-14)17-21-16(25-22-17)6-5-15(24)20-9-12-23-10-7-19-8-11-23/h1-4,19H,5-12H2,(H,20,24). The highest BCUT2D eigenvalue weighted by Crippen LogP contribution is 2.18. The Morgan fingerprint density at radius 1 is 1.28 bits per heavy atom. The van der Waals surface area contributed by atoms with Crippen LogP contribution in [0.25, 0.3) is 11.4 Å². The van der Waals surface area contributed by atoms with Crippen LogP contribution in [-0.2, 0) is 11.2 Å². The van der Waals surface area contributed by atoms with E-state index in [4.69, 9.17) is 16.1 Å². The molecule has 0 spiro atoms. The van der Waals surface area contributed by atoms with Gasteiger partial charge in [-0.25, -0.2) is 0 Å². The van der Waals surface area contributed by atoms with Crippen molar-refractivity contribution in [1.82, 2.24) is 25.7 Å². The first-order valence-electron chi connectivity index (χ1n) is 8.49. The number of rotatable bonds is 7. The van der Waals surface area contributed by atoms with Crippen molar-refractivity contribution >= 4 is 17.5 Å². The first-order valence-corrected chi connectivity index (χ1v) is 8.87. The number of aromatic nitrogens is 2. The van der Waals surface area contributed by atoms with E-state index >= 15 is 0 Å². The fourth-order valence-electron chi connectivity index (χ4n) is 2.67. The molecule has 1 aromatic heterocycles. The highest BCUT2D eigenvalue weighted by Gasteiger charge is 2.12. The second-order valence-electron chi connectivity index (χ2n) is 5.96. The number of carbonyl (C=O) groups excluding carboxylic acids is 1. The molecule has 25 heavy (non-hydrogen) atoms. The molecule has 1 saturated heterocycles. The zero-order valence-corrected chi connectivity index (χ0v) is 14.8.